The van der Waals surface area contributed by atoms with E-state index in [9.17, 15) is 0 Å². The Hall–Kier alpha value is -1.13. The SMILES string of the molecule is Nc1cnccc1C1OCCO1. The highest BCUT2D eigenvalue weighted by Gasteiger charge is 2.19. The van der Waals surface area contributed by atoms with Gasteiger partial charge in [-0.25, -0.2) is 0 Å². The first-order valence-corrected chi connectivity index (χ1v) is 3.80. The van der Waals surface area contributed by atoms with E-state index in [4.69, 9.17) is 15.2 Å². The number of pyridine rings is 1. The molecule has 1 aromatic rings. The highest BCUT2D eigenvalue weighted by molar-refractivity contribution is 5.44. The number of anilines is 1. The average Bonchev–Trinajstić information content (AvgIpc) is 2.57. The van der Waals surface area contributed by atoms with Crippen LogP contribution in [0.5, 0.6) is 0 Å². The van der Waals surface area contributed by atoms with Gasteiger partial charge in [0.05, 0.1) is 25.1 Å². The lowest BCUT2D eigenvalue weighted by Crippen LogP contribution is -2.02. The van der Waals surface area contributed by atoms with E-state index in [0.717, 1.165) is 5.56 Å². The molecule has 2 heterocycles. The van der Waals surface area contributed by atoms with Crippen LogP contribution >= 0.6 is 0 Å². The first-order chi connectivity index (χ1) is 5.88. The van der Waals surface area contributed by atoms with E-state index in [-0.39, 0.29) is 6.29 Å². The predicted octanol–water partition coefficient (Wildman–Crippen LogP) is 0.709. The van der Waals surface area contributed by atoms with Gasteiger partial charge in [0.1, 0.15) is 0 Å². The molecule has 0 radical (unpaired) electrons. The van der Waals surface area contributed by atoms with Gasteiger partial charge in [0.2, 0.25) is 0 Å². The summed E-state index contributed by atoms with van der Waals surface area (Å²) in [7, 11) is 0. The lowest BCUT2D eigenvalue weighted by molar-refractivity contribution is -0.0435. The third kappa shape index (κ3) is 1.26. The Morgan fingerprint density at radius 2 is 2.17 bits per heavy atom. The van der Waals surface area contributed by atoms with Crippen LogP contribution in [0.3, 0.4) is 0 Å². The maximum atomic E-state index is 5.68. The molecular formula is C8H10N2O2. The minimum atomic E-state index is -0.298. The summed E-state index contributed by atoms with van der Waals surface area (Å²) in [4.78, 5) is 3.88. The molecule has 0 unspecified atom stereocenters. The van der Waals surface area contributed by atoms with Crippen molar-refractivity contribution >= 4 is 5.69 Å². The summed E-state index contributed by atoms with van der Waals surface area (Å²) >= 11 is 0. The van der Waals surface area contributed by atoms with E-state index >= 15 is 0 Å². The maximum absolute atomic E-state index is 5.68. The topological polar surface area (TPSA) is 57.4 Å². The molecule has 0 spiro atoms. The van der Waals surface area contributed by atoms with E-state index in [1.54, 1.807) is 12.4 Å². The second kappa shape index (κ2) is 3.08. The quantitative estimate of drug-likeness (QED) is 0.667. The zero-order chi connectivity index (χ0) is 8.39. The zero-order valence-electron chi connectivity index (χ0n) is 6.56. The number of nitrogens with zero attached hydrogens (tertiary/aromatic N) is 1. The number of ether oxygens (including phenoxy) is 2. The van der Waals surface area contributed by atoms with Crippen LogP contribution < -0.4 is 5.73 Å². The molecule has 1 aliphatic heterocycles. The molecule has 0 aromatic carbocycles. The Kier molecular flexibility index (Phi) is 1.93. The Bertz CT molecular complexity index is 272. The Balaban J connectivity index is 2.26. The first-order valence-electron chi connectivity index (χ1n) is 3.80. The molecule has 12 heavy (non-hydrogen) atoms. The monoisotopic (exact) mass is 166 g/mol. The summed E-state index contributed by atoms with van der Waals surface area (Å²) in [6.45, 7) is 1.26. The number of rotatable bonds is 1. The maximum Gasteiger partial charge on any atom is 0.186 e. The molecule has 2 N–H and O–H groups in total. The van der Waals surface area contributed by atoms with Gasteiger partial charge >= 0.3 is 0 Å². The van der Waals surface area contributed by atoms with Crippen molar-refractivity contribution in [1.82, 2.24) is 4.98 Å². The molecule has 0 bridgehead atoms. The summed E-state index contributed by atoms with van der Waals surface area (Å²) < 4.78 is 10.6. The van der Waals surface area contributed by atoms with Crippen molar-refractivity contribution in [1.29, 1.82) is 0 Å². The predicted molar refractivity (Wildman–Crippen MR) is 43.3 cm³/mol. The minimum absolute atomic E-state index is 0.298. The van der Waals surface area contributed by atoms with Crippen molar-refractivity contribution in [3.8, 4) is 0 Å². The van der Waals surface area contributed by atoms with Gasteiger partial charge in [-0.2, -0.15) is 0 Å². The second-order valence-corrected chi connectivity index (χ2v) is 2.58. The van der Waals surface area contributed by atoms with Crippen molar-refractivity contribution in [3.05, 3.63) is 24.0 Å². The van der Waals surface area contributed by atoms with E-state index in [0.29, 0.717) is 18.9 Å². The molecule has 64 valence electrons. The highest BCUT2D eigenvalue weighted by Crippen LogP contribution is 2.26. The van der Waals surface area contributed by atoms with Crippen LogP contribution in [0.15, 0.2) is 18.5 Å². The Labute approximate surface area is 70.3 Å². The van der Waals surface area contributed by atoms with Crippen LogP contribution in [0.4, 0.5) is 5.69 Å². The molecule has 4 heteroatoms. The molecular weight excluding hydrogens is 156 g/mol. The smallest absolute Gasteiger partial charge is 0.186 e. The van der Waals surface area contributed by atoms with E-state index in [1.807, 2.05) is 6.07 Å². The molecule has 2 rings (SSSR count). The third-order valence-electron chi connectivity index (χ3n) is 1.76. The lowest BCUT2D eigenvalue weighted by atomic mass is 10.2. The van der Waals surface area contributed by atoms with E-state index in [2.05, 4.69) is 4.98 Å². The van der Waals surface area contributed by atoms with Crippen LogP contribution in [0.2, 0.25) is 0 Å². The number of nitrogen functional groups attached to an aromatic ring is 1. The molecule has 0 atom stereocenters. The number of hydrogen-bond acceptors (Lipinski definition) is 4. The normalized spacial score (nSPS) is 18.3. The summed E-state index contributed by atoms with van der Waals surface area (Å²) in [5.41, 5.74) is 7.16. The van der Waals surface area contributed by atoms with Crippen molar-refractivity contribution in [2.24, 2.45) is 0 Å². The van der Waals surface area contributed by atoms with Crippen molar-refractivity contribution < 1.29 is 9.47 Å². The molecule has 1 aromatic heterocycles. The van der Waals surface area contributed by atoms with Gasteiger partial charge in [-0.05, 0) is 6.07 Å². The number of aromatic nitrogens is 1. The lowest BCUT2D eigenvalue weighted by Gasteiger charge is -2.10. The van der Waals surface area contributed by atoms with Crippen molar-refractivity contribution in [2.45, 2.75) is 6.29 Å². The van der Waals surface area contributed by atoms with E-state index < -0.39 is 0 Å². The largest absolute Gasteiger partial charge is 0.397 e. The Morgan fingerprint density at radius 3 is 2.83 bits per heavy atom. The second-order valence-electron chi connectivity index (χ2n) is 2.58. The fourth-order valence-electron chi connectivity index (χ4n) is 1.17. The number of hydrogen-bond donors (Lipinski definition) is 1. The minimum Gasteiger partial charge on any atom is -0.397 e. The Morgan fingerprint density at radius 1 is 1.42 bits per heavy atom. The fourth-order valence-corrected chi connectivity index (χ4v) is 1.17. The molecule has 4 nitrogen and oxygen atoms in total. The zero-order valence-corrected chi connectivity index (χ0v) is 6.56. The first kappa shape index (κ1) is 7.52. The van der Waals surface area contributed by atoms with Crippen LogP contribution in [0, 0.1) is 0 Å². The van der Waals surface area contributed by atoms with Gasteiger partial charge in [-0.1, -0.05) is 0 Å². The standard InChI is InChI=1S/C8H10N2O2/c9-7-5-10-2-1-6(7)8-11-3-4-12-8/h1-2,5,8H,3-4,9H2. The molecule has 0 amide bonds. The average molecular weight is 166 g/mol. The fraction of sp³-hybridized carbons (Fsp3) is 0.375. The molecule has 1 aliphatic rings. The third-order valence-corrected chi connectivity index (χ3v) is 1.76. The van der Waals surface area contributed by atoms with Crippen molar-refractivity contribution in [2.75, 3.05) is 18.9 Å². The van der Waals surface area contributed by atoms with Crippen LogP contribution in [-0.2, 0) is 9.47 Å². The molecule has 1 saturated heterocycles. The van der Waals surface area contributed by atoms with Crippen LogP contribution in [0.25, 0.3) is 0 Å². The number of nitrogens with two attached hydrogens (primary N) is 1. The van der Waals surface area contributed by atoms with Gasteiger partial charge in [-0.15, -0.1) is 0 Å². The van der Waals surface area contributed by atoms with Gasteiger partial charge in [0.15, 0.2) is 6.29 Å². The molecule has 0 aliphatic carbocycles. The van der Waals surface area contributed by atoms with Crippen LogP contribution in [-0.4, -0.2) is 18.2 Å². The van der Waals surface area contributed by atoms with Gasteiger partial charge in [0.25, 0.3) is 0 Å². The van der Waals surface area contributed by atoms with Gasteiger partial charge in [-0.3, -0.25) is 4.98 Å². The van der Waals surface area contributed by atoms with Gasteiger partial charge < -0.3 is 15.2 Å². The summed E-state index contributed by atoms with van der Waals surface area (Å²) in [5, 5.41) is 0. The van der Waals surface area contributed by atoms with Gasteiger partial charge in [0, 0.05) is 11.8 Å². The highest BCUT2D eigenvalue weighted by atomic mass is 16.7. The summed E-state index contributed by atoms with van der Waals surface area (Å²) in [6.07, 6.45) is 2.98. The summed E-state index contributed by atoms with van der Waals surface area (Å²) in [5.74, 6) is 0. The summed E-state index contributed by atoms with van der Waals surface area (Å²) in [6, 6.07) is 1.81. The van der Waals surface area contributed by atoms with Crippen molar-refractivity contribution in [3.63, 3.8) is 0 Å². The van der Waals surface area contributed by atoms with Crippen LogP contribution in [0.1, 0.15) is 11.9 Å². The molecule has 0 saturated carbocycles. The molecule has 1 fully saturated rings. The van der Waals surface area contributed by atoms with E-state index in [1.165, 1.54) is 0 Å².